The molecule has 0 heterocycles. The minimum absolute atomic E-state index is 0.0618. The van der Waals surface area contributed by atoms with Crippen LogP contribution in [0.2, 0.25) is 0 Å². The molecule has 18 heavy (non-hydrogen) atoms. The van der Waals surface area contributed by atoms with E-state index in [0.717, 1.165) is 5.92 Å². The molecule has 2 saturated carbocycles. The Morgan fingerprint density at radius 2 is 1.67 bits per heavy atom. The number of carbonyl (C=O) groups is 1. The van der Waals surface area contributed by atoms with Gasteiger partial charge < -0.3 is 10.1 Å². The predicted octanol–water partition coefficient (Wildman–Crippen LogP) is 2.89. The molecule has 3 heteroatoms. The number of methoxy groups -OCH3 is 1. The van der Waals surface area contributed by atoms with E-state index in [0.29, 0.717) is 12.0 Å². The van der Waals surface area contributed by atoms with Crippen molar-refractivity contribution in [2.45, 2.75) is 70.4 Å². The zero-order valence-electron chi connectivity index (χ0n) is 11.8. The molecule has 2 aliphatic rings. The van der Waals surface area contributed by atoms with Crippen LogP contribution in [-0.4, -0.2) is 25.2 Å². The van der Waals surface area contributed by atoms with Gasteiger partial charge in [0.05, 0.1) is 7.11 Å². The first-order valence-electron chi connectivity index (χ1n) is 7.56. The van der Waals surface area contributed by atoms with Crippen LogP contribution in [0.25, 0.3) is 0 Å². The van der Waals surface area contributed by atoms with E-state index in [-0.39, 0.29) is 12.0 Å². The van der Waals surface area contributed by atoms with Gasteiger partial charge >= 0.3 is 5.97 Å². The number of hydrogen-bond donors (Lipinski definition) is 1. The molecule has 3 nitrogen and oxygen atoms in total. The molecule has 0 amide bonds. The van der Waals surface area contributed by atoms with Gasteiger partial charge in [-0.1, -0.05) is 25.7 Å². The highest BCUT2D eigenvalue weighted by atomic mass is 16.5. The quantitative estimate of drug-likeness (QED) is 0.605. The summed E-state index contributed by atoms with van der Waals surface area (Å²) in [6.07, 6.45) is 10.4. The van der Waals surface area contributed by atoms with Gasteiger partial charge in [-0.15, -0.1) is 0 Å². The van der Waals surface area contributed by atoms with Crippen molar-refractivity contribution >= 4 is 5.97 Å². The standard InChI is InChI=1S/C15H27NO2/c1-11(12-7-5-3-4-6-8-12)16-14(13-9-10-13)15(17)18-2/h11-14,16H,3-10H2,1-2H3/t11-,14?/m1/s1. The average molecular weight is 253 g/mol. The number of carbonyl (C=O) groups excluding carboxylic acids is 1. The number of hydrogen-bond acceptors (Lipinski definition) is 3. The molecule has 0 aliphatic heterocycles. The molecule has 0 spiro atoms. The van der Waals surface area contributed by atoms with Crippen molar-refractivity contribution in [2.24, 2.45) is 11.8 Å². The van der Waals surface area contributed by atoms with Crippen LogP contribution in [0, 0.1) is 11.8 Å². The fourth-order valence-electron chi connectivity index (χ4n) is 3.18. The van der Waals surface area contributed by atoms with Crippen LogP contribution < -0.4 is 5.32 Å². The molecule has 0 bridgehead atoms. The molecule has 1 unspecified atom stereocenters. The highest BCUT2D eigenvalue weighted by molar-refractivity contribution is 5.76. The highest BCUT2D eigenvalue weighted by Gasteiger charge is 2.38. The van der Waals surface area contributed by atoms with Crippen molar-refractivity contribution in [1.29, 1.82) is 0 Å². The van der Waals surface area contributed by atoms with Gasteiger partial charge in [-0.2, -0.15) is 0 Å². The van der Waals surface area contributed by atoms with Crippen molar-refractivity contribution < 1.29 is 9.53 Å². The Morgan fingerprint density at radius 3 is 2.17 bits per heavy atom. The average Bonchev–Trinajstić information content (AvgIpc) is 3.20. The summed E-state index contributed by atoms with van der Waals surface area (Å²) in [5, 5.41) is 3.55. The first-order valence-corrected chi connectivity index (χ1v) is 7.56. The zero-order chi connectivity index (χ0) is 13.0. The second-order valence-electron chi connectivity index (χ2n) is 6.05. The summed E-state index contributed by atoms with van der Waals surface area (Å²) in [6, 6.07) is 0.376. The van der Waals surface area contributed by atoms with Crippen molar-refractivity contribution in [2.75, 3.05) is 7.11 Å². The van der Waals surface area contributed by atoms with Crippen LogP contribution in [0.15, 0.2) is 0 Å². The van der Waals surface area contributed by atoms with E-state index in [1.165, 1.54) is 58.5 Å². The lowest BCUT2D eigenvalue weighted by Crippen LogP contribution is -2.47. The maximum atomic E-state index is 11.8. The molecule has 0 radical (unpaired) electrons. The SMILES string of the molecule is COC(=O)C(N[C@H](C)C1CCCCCC1)C1CC1. The molecule has 0 aromatic rings. The van der Waals surface area contributed by atoms with Crippen LogP contribution >= 0.6 is 0 Å². The Labute approximate surface area is 111 Å². The van der Waals surface area contributed by atoms with E-state index < -0.39 is 0 Å². The molecule has 0 aromatic heterocycles. The van der Waals surface area contributed by atoms with E-state index in [1.54, 1.807) is 0 Å². The largest absolute Gasteiger partial charge is 0.468 e. The Bertz CT molecular complexity index is 268. The van der Waals surface area contributed by atoms with Gasteiger partial charge in [0.1, 0.15) is 6.04 Å². The molecule has 1 N–H and O–H groups in total. The summed E-state index contributed by atoms with van der Waals surface area (Å²) in [6.45, 7) is 2.24. The number of ether oxygens (including phenoxy) is 1. The van der Waals surface area contributed by atoms with Crippen LogP contribution in [0.4, 0.5) is 0 Å². The van der Waals surface area contributed by atoms with Crippen LogP contribution in [0.5, 0.6) is 0 Å². The van der Waals surface area contributed by atoms with Gasteiger partial charge in [0, 0.05) is 6.04 Å². The summed E-state index contributed by atoms with van der Waals surface area (Å²) in [5.74, 6) is 1.18. The maximum Gasteiger partial charge on any atom is 0.323 e. The minimum Gasteiger partial charge on any atom is -0.468 e. The van der Waals surface area contributed by atoms with Gasteiger partial charge in [-0.3, -0.25) is 4.79 Å². The predicted molar refractivity (Wildman–Crippen MR) is 72.3 cm³/mol. The van der Waals surface area contributed by atoms with Crippen LogP contribution in [0.1, 0.15) is 58.3 Å². The lowest BCUT2D eigenvalue weighted by atomic mass is 9.92. The molecule has 0 saturated heterocycles. The summed E-state index contributed by atoms with van der Waals surface area (Å²) in [7, 11) is 1.50. The van der Waals surface area contributed by atoms with Gasteiger partial charge in [0.15, 0.2) is 0 Å². The van der Waals surface area contributed by atoms with Crippen molar-refractivity contribution in [3.05, 3.63) is 0 Å². The number of rotatable bonds is 5. The first-order chi connectivity index (χ1) is 8.72. The lowest BCUT2D eigenvalue weighted by Gasteiger charge is -2.27. The summed E-state index contributed by atoms with van der Waals surface area (Å²) in [5.41, 5.74) is 0. The summed E-state index contributed by atoms with van der Waals surface area (Å²) in [4.78, 5) is 11.8. The van der Waals surface area contributed by atoms with E-state index in [1.807, 2.05) is 0 Å². The number of esters is 1. The van der Waals surface area contributed by atoms with Gasteiger partial charge in [-0.25, -0.2) is 0 Å². The molecule has 2 rings (SSSR count). The second-order valence-corrected chi connectivity index (χ2v) is 6.05. The minimum atomic E-state index is -0.0713. The van der Waals surface area contributed by atoms with Crippen molar-refractivity contribution in [1.82, 2.24) is 5.32 Å². The van der Waals surface area contributed by atoms with E-state index in [4.69, 9.17) is 4.74 Å². The molecule has 2 fully saturated rings. The maximum absolute atomic E-state index is 11.8. The van der Waals surface area contributed by atoms with Crippen LogP contribution in [-0.2, 0) is 9.53 Å². The smallest absolute Gasteiger partial charge is 0.323 e. The molecule has 0 aromatic carbocycles. The molecule has 104 valence electrons. The van der Waals surface area contributed by atoms with Gasteiger partial charge in [-0.05, 0) is 44.4 Å². The van der Waals surface area contributed by atoms with E-state index in [2.05, 4.69) is 12.2 Å². The summed E-state index contributed by atoms with van der Waals surface area (Å²) >= 11 is 0. The topological polar surface area (TPSA) is 38.3 Å². The lowest BCUT2D eigenvalue weighted by molar-refractivity contribution is -0.144. The zero-order valence-corrected chi connectivity index (χ0v) is 11.8. The highest BCUT2D eigenvalue weighted by Crippen LogP contribution is 2.34. The van der Waals surface area contributed by atoms with E-state index >= 15 is 0 Å². The third-order valence-corrected chi connectivity index (χ3v) is 4.60. The Kier molecular flexibility index (Phi) is 5.04. The first kappa shape index (κ1) is 13.9. The van der Waals surface area contributed by atoms with E-state index in [9.17, 15) is 4.79 Å². The normalized spacial score (nSPS) is 25.2. The Morgan fingerprint density at radius 1 is 1.06 bits per heavy atom. The van der Waals surface area contributed by atoms with Crippen molar-refractivity contribution in [3.63, 3.8) is 0 Å². The number of nitrogens with one attached hydrogen (secondary N) is 1. The monoisotopic (exact) mass is 253 g/mol. The third kappa shape index (κ3) is 3.71. The molecule has 2 atom stereocenters. The second kappa shape index (κ2) is 6.55. The molecular formula is C15H27NO2. The van der Waals surface area contributed by atoms with Crippen LogP contribution in [0.3, 0.4) is 0 Å². The Hall–Kier alpha value is -0.570. The molecule has 2 aliphatic carbocycles. The Balaban J connectivity index is 1.86. The van der Waals surface area contributed by atoms with Gasteiger partial charge in [0.2, 0.25) is 0 Å². The fraction of sp³-hybridized carbons (Fsp3) is 0.933. The van der Waals surface area contributed by atoms with Crippen molar-refractivity contribution in [3.8, 4) is 0 Å². The third-order valence-electron chi connectivity index (χ3n) is 4.60. The fourth-order valence-corrected chi connectivity index (χ4v) is 3.18. The summed E-state index contributed by atoms with van der Waals surface area (Å²) < 4.78 is 4.93. The molecular weight excluding hydrogens is 226 g/mol. The van der Waals surface area contributed by atoms with Gasteiger partial charge in [0.25, 0.3) is 0 Å².